The lowest BCUT2D eigenvalue weighted by Crippen LogP contribution is -2.05. The van der Waals surface area contributed by atoms with Crippen LogP contribution in [-0.4, -0.2) is 17.7 Å². The molecular weight excluding hydrogens is 517 g/mol. The highest BCUT2D eigenvalue weighted by Crippen LogP contribution is 2.35. The Bertz CT molecular complexity index is 1020. The number of aromatic carboxylic acids is 1. The fourth-order valence-corrected chi connectivity index (χ4v) is 3.78. The van der Waals surface area contributed by atoms with Crippen molar-refractivity contribution in [2.75, 3.05) is 11.9 Å². The van der Waals surface area contributed by atoms with E-state index in [4.69, 9.17) is 26.2 Å². The molecule has 0 saturated carbocycles. The zero-order valence-corrected chi connectivity index (χ0v) is 19.2. The summed E-state index contributed by atoms with van der Waals surface area (Å²) < 4.78 is 12.8. The Morgan fingerprint density at radius 1 is 1.07 bits per heavy atom. The largest absolute Gasteiger partial charge is 0.490 e. The molecule has 0 aliphatic carbocycles. The van der Waals surface area contributed by atoms with Crippen molar-refractivity contribution in [3.63, 3.8) is 0 Å². The molecular formula is C23H21ClINO4. The quantitative estimate of drug-likeness (QED) is 0.317. The lowest BCUT2D eigenvalue weighted by atomic mass is 10.1. The molecule has 0 fully saturated rings. The van der Waals surface area contributed by atoms with Gasteiger partial charge in [-0.3, -0.25) is 0 Å². The third-order valence-corrected chi connectivity index (χ3v) is 5.33. The number of carbonyl (C=O) groups is 1. The fourth-order valence-electron chi connectivity index (χ4n) is 2.83. The molecule has 0 unspecified atom stereocenters. The smallest absolute Gasteiger partial charge is 0.335 e. The second kappa shape index (κ2) is 10.5. The molecule has 0 heterocycles. The van der Waals surface area contributed by atoms with Gasteiger partial charge in [0, 0.05) is 17.3 Å². The molecule has 5 nitrogen and oxygen atoms in total. The number of hydrogen-bond donors (Lipinski definition) is 2. The Kier molecular flexibility index (Phi) is 7.81. The first kappa shape index (κ1) is 22.2. The molecule has 0 bridgehead atoms. The molecule has 2 N–H and O–H groups in total. The second-order valence-corrected chi connectivity index (χ2v) is 8.09. The topological polar surface area (TPSA) is 67.8 Å². The van der Waals surface area contributed by atoms with E-state index in [0.717, 1.165) is 20.4 Å². The lowest BCUT2D eigenvalue weighted by molar-refractivity contribution is 0.0697. The van der Waals surface area contributed by atoms with Gasteiger partial charge in [-0.1, -0.05) is 29.8 Å². The minimum absolute atomic E-state index is 0.246. The van der Waals surface area contributed by atoms with Crippen LogP contribution in [0.5, 0.6) is 11.5 Å². The molecule has 0 radical (unpaired) electrons. The van der Waals surface area contributed by atoms with E-state index in [9.17, 15) is 4.79 Å². The summed E-state index contributed by atoms with van der Waals surface area (Å²) in [7, 11) is 0. The number of hydrogen-bond acceptors (Lipinski definition) is 4. The maximum atomic E-state index is 11.1. The van der Waals surface area contributed by atoms with Crippen LogP contribution in [0.25, 0.3) is 0 Å². The van der Waals surface area contributed by atoms with Crippen LogP contribution >= 0.6 is 34.2 Å². The molecule has 0 aromatic heterocycles. The third-order valence-electron chi connectivity index (χ3n) is 4.27. The zero-order chi connectivity index (χ0) is 21.5. The second-order valence-electron chi connectivity index (χ2n) is 6.49. The lowest BCUT2D eigenvalue weighted by Gasteiger charge is -2.16. The van der Waals surface area contributed by atoms with Crippen LogP contribution in [0, 0.1) is 3.57 Å². The van der Waals surface area contributed by atoms with Crippen LogP contribution in [0.3, 0.4) is 0 Å². The van der Waals surface area contributed by atoms with Gasteiger partial charge >= 0.3 is 5.97 Å². The van der Waals surface area contributed by atoms with E-state index >= 15 is 0 Å². The normalized spacial score (nSPS) is 10.5. The van der Waals surface area contributed by atoms with E-state index in [1.54, 1.807) is 18.2 Å². The standard InChI is InChI=1S/C23H21ClINO4/c1-2-29-21-11-16(13-26-19-5-3-4-17(12-19)23(27)28)10-20(25)22(21)30-14-15-6-8-18(24)9-7-15/h3-12,26H,2,13-14H2,1H3,(H,27,28). The summed E-state index contributed by atoms with van der Waals surface area (Å²) in [6, 6.07) is 18.2. The SMILES string of the molecule is CCOc1cc(CNc2cccc(C(=O)O)c2)cc(I)c1OCc1ccc(Cl)cc1. The van der Waals surface area contributed by atoms with Gasteiger partial charge in [-0.2, -0.15) is 0 Å². The van der Waals surface area contributed by atoms with Crippen molar-refractivity contribution in [3.8, 4) is 11.5 Å². The van der Waals surface area contributed by atoms with Gasteiger partial charge in [0.25, 0.3) is 0 Å². The van der Waals surface area contributed by atoms with Crippen molar-refractivity contribution in [2.45, 2.75) is 20.1 Å². The first-order valence-corrected chi connectivity index (χ1v) is 10.8. The number of nitrogens with one attached hydrogen (secondary N) is 1. The Hall–Kier alpha value is -2.45. The van der Waals surface area contributed by atoms with Crippen LogP contribution < -0.4 is 14.8 Å². The van der Waals surface area contributed by atoms with Gasteiger partial charge in [0.1, 0.15) is 6.61 Å². The van der Waals surface area contributed by atoms with Gasteiger partial charge in [-0.25, -0.2) is 4.79 Å². The highest BCUT2D eigenvalue weighted by Gasteiger charge is 2.13. The number of carboxylic acids is 1. The summed E-state index contributed by atoms with van der Waals surface area (Å²) in [5.41, 5.74) is 3.01. The first-order chi connectivity index (χ1) is 14.5. The summed E-state index contributed by atoms with van der Waals surface area (Å²) >= 11 is 8.18. The monoisotopic (exact) mass is 537 g/mol. The van der Waals surface area contributed by atoms with Crippen LogP contribution in [-0.2, 0) is 13.2 Å². The Morgan fingerprint density at radius 3 is 2.53 bits per heavy atom. The van der Waals surface area contributed by atoms with E-state index in [2.05, 4.69) is 27.9 Å². The van der Waals surface area contributed by atoms with Gasteiger partial charge < -0.3 is 19.9 Å². The average Bonchev–Trinajstić information content (AvgIpc) is 2.73. The van der Waals surface area contributed by atoms with Crippen molar-refractivity contribution < 1.29 is 19.4 Å². The van der Waals surface area contributed by atoms with Crippen molar-refractivity contribution in [1.29, 1.82) is 0 Å². The molecule has 30 heavy (non-hydrogen) atoms. The molecule has 156 valence electrons. The number of rotatable bonds is 9. The molecule has 7 heteroatoms. The Morgan fingerprint density at radius 2 is 1.83 bits per heavy atom. The fraction of sp³-hybridized carbons (Fsp3) is 0.174. The van der Waals surface area contributed by atoms with Crippen molar-refractivity contribution in [1.82, 2.24) is 0 Å². The van der Waals surface area contributed by atoms with E-state index < -0.39 is 5.97 Å². The maximum absolute atomic E-state index is 11.1. The number of benzene rings is 3. The van der Waals surface area contributed by atoms with E-state index in [1.165, 1.54) is 0 Å². The van der Waals surface area contributed by atoms with Crippen LogP contribution in [0.4, 0.5) is 5.69 Å². The highest BCUT2D eigenvalue weighted by molar-refractivity contribution is 14.1. The third kappa shape index (κ3) is 6.03. The average molecular weight is 538 g/mol. The summed E-state index contributed by atoms with van der Waals surface area (Å²) in [5.74, 6) is 0.424. The van der Waals surface area contributed by atoms with Crippen molar-refractivity contribution >= 4 is 45.8 Å². The molecule has 3 aromatic carbocycles. The van der Waals surface area contributed by atoms with E-state index in [-0.39, 0.29) is 5.56 Å². The van der Waals surface area contributed by atoms with Gasteiger partial charge in [0.05, 0.1) is 15.7 Å². The number of anilines is 1. The number of carboxylic acid groups (broad SMARTS) is 1. The predicted octanol–water partition coefficient (Wildman–Crippen LogP) is 6.23. The van der Waals surface area contributed by atoms with Gasteiger partial charge in [-0.15, -0.1) is 0 Å². The Balaban J connectivity index is 1.74. The molecule has 3 aromatic rings. The Labute approximate surface area is 194 Å². The first-order valence-electron chi connectivity index (χ1n) is 9.36. The molecule has 0 aliphatic rings. The molecule has 0 atom stereocenters. The summed E-state index contributed by atoms with van der Waals surface area (Å²) in [6.45, 7) is 3.38. The minimum atomic E-state index is -0.950. The minimum Gasteiger partial charge on any atom is -0.490 e. The van der Waals surface area contributed by atoms with Crippen LogP contribution in [0.2, 0.25) is 5.02 Å². The van der Waals surface area contributed by atoms with Gasteiger partial charge in [0.15, 0.2) is 11.5 Å². The van der Waals surface area contributed by atoms with Gasteiger partial charge in [-0.05, 0) is 83.1 Å². The van der Waals surface area contributed by atoms with Crippen LogP contribution in [0.1, 0.15) is 28.4 Å². The molecule has 0 aliphatic heterocycles. The maximum Gasteiger partial charge on any atom is 0.335 e. The molecule has 0 amide bonds. The number of halogens is 2. The van der Waals surface area contributed by atoms with E-state index in [1.807, 2.05) is 49.4 Å². The van der Waals surface area contributed by atoms with E-state index in [0.29, 0.717) is 36.3 Å². The zero-order valence-electron chi connectivity index (χ0n) is 16.3. The summed E-state index contributed by atoms with van der Waals surface area (Å²) in [4.78, 5) is 11.1. The van der Waals surface area contributed by atoms with Crippen molar-refractivity contribution in [2.24, 2.45) is 0 Å². The molecule has 0 saturated heterocycles. The molecule has 0 spiro atoms. The predicted molar refractivity (Wildman–Crippen MR) is 127 cm³/mol. The summed E-state index contributed by atoms with van der Waals surface area (Å²) in [6.07, 6.45) is 0. The highest BCUT2D eigenvalue weighted by atomic mass is 127. The summed E-state index contributed by atoms with van der Waals surface area (Å²) in [5, 5.41) is 13.1. The molecule has 3 rings (SSSR count). The number of ether oxygens (including phenoxy) is 2. The van der Waals surface area contributed by atoms with Crippen LogP contribution in [0.15, 0.2) is 60.7 Å². The van der Waals surface area contributed by atoms with Gasteiger partial charge in [0.2, 0.25) is 0 Å². The van der Waals surface area contributed by atoms with Crippen molar-refractivity contribution in [3.05, 3.63) is 85.9 Å².